The highest BCUT2D eigenvalue weighted by Gasteiger charge is 2.04. The molecule has 0 bridgehead atoms. The standard InChI is InChI=1S/C37H78N2O7/c1-35(2)22-16-12-10-8-6-4-3-5-7-9-11-13-17-23-36(41)38-24-31-45-32-33-46-34-37(42)39-25-30-44-29-21-15-20-28-43-27-19-14-18-26-40/h35-42H,3-34H2,1-2H3. The van der Waals surface area contributed by atoms with Gasteiger partial charge in [0.1, 0.15) is 12.5 Å². The summed E-state index contributed by atoms with van der Waals surface area (Å²) in [5.74, 6) is 0.858. The number of aliphatic hydroxyl groups is 3. The molecule has 9 nitrogen and oxygen atoms in total. The molecule has 0 saturated carbocycles. The molecule has 0 radical (unpaired) electrons. The predicted octanol–water partition coefficient (Wildman–Crippen LogP) is 6.71. The maximum Gasteiger partial charge on any atom is 0.128 e. The summed E-state index contributed by atoms with van der Waals surface area (Å²) in [6, 6.07) is 0. The molecule has 0 aromatic carbocycles. The summed E-state index contributed by atoms with van der Waals surface area (Å²) in [4.78, 5) is 0. The zero-order chi connectivity index (χ0) is 33.6. The van der Waals surface area contributed by atoms with Crippen LogP contribution in [0.4, 0.5) is 0 Å². The number of ether oxygens (including phenoxy) is 4. The van der Waals surface area contributed by atoms with Gasteiger partial charge in [-0.15, -0.1) is 0 Å². The maximum absolute atomic E-state index is 10.1. The molecule has 46 heavy (non-hydrogen) atoms. The van der Waals surface area contributed by atoms with Gasteiger partial charge in [-0.3, -0.25) is 10.6 Å². The lowest BCUT2D eigenvalue weighted by molar-refractivity contribution is -0.0109. The molecule has 0 aliphatic heterocycles. The van der Waals surface area contributed by atoms with E-state index in [0.29, 0.717) is 46.1 Å². The van der Waals surface area contributed by atoms with E-state index in [1.54, 1.807) is 0 Å². The van der Waals surface area contributed by atoms with Crippen molar-refractivity contribution in [2.75, 3.05) is 72.6 Å². The molecule has 0 amide bonds. The summed E-state index contributed by atoms with van der Waals surface area (Å²) in [6.07, 6.45) is 24.5. The maximum atomic E-state index is 10.1. The van der Waals surface area contributed by atoms with Gasteiger partial charge in [-0.05, 0) is 57.3 Å². The van der Waals surface area contributed by atoms with Gasteiger partial charge in [-0.25, -0.2) is 0 Å². The third-order valence-electron chi connectivity index (χ3n) is 8.18. The van der Waals surface area contributed by atoms with Crippen molar-refractivity contribution in [3.63, 3.8) is 0 Å². The lowest BCUT2D eigenvalue weighted by atomic mass is 10.0. The van der Waals surface area contributed by atoms with Crippen LogP contribution in [0, 0.1) is 5.92 Å². The van der Waals surface area contributed by atoms with Crippen LogP contribution in [0.15, 0.2) is 0 Å². The summed E-state index contributed by atoms with van der Waals surface area (Å²) in [6.45, 7) is 10.5. The van der Waals surface area contributed by atoms with Gasteiger partial charge in [0.15, 0.2) is 0 Å². The second kappa shape index (κ2) is 39.1. The molecule has 2 atom stereocenters. The Balaban J connectivity index is 3.24. The molecule has 0 fully saturated rings. The van der Waals surface area contributed by atoms with Crippen molar-refractivity contribution in [1.82, 2.24) is 10.6 Å². The van der Waals surface area contributed by atoms with Gasteiger partial charge >= 0.3 is 0 Å². The lowest BCUT2D eigenvalue weighted by Crippen LogP contribution is -2.36. The Morgan fingerprint density at radius 2 is 0.804 bits per heavy atom. The highest BCUT2D eigenvalue weighted by molar-refractivity contribution is 4.56. The first-order chi connectivity index (χ1) is 22.6. The second-order valence-corrected chi connectivity index (χ2v) is 13.3. The van der Waals surface area contributed by atoms with E-state index in [4.69, 9.17) is 24.1 Å². The molecule has 0 spiro atoms. The summed E-state index contributed by atoms with van der Waals surface area (Å²) in [7, 11) is 0. The van der Waals surface area contributed by atoms with Crippen LogP contribution in [-0.2, 0) is 18.9 Å². The molecule has 0 aromatic rings. The number of hydrogen-bond donors (Lipinski definition) is 5. The van der Waals surface area contributed by atoms with Crippen LogP contribution >= 0.6 is 0 Å². The van der Waals surface area contributed by atoms with Crippen molar-refractivity contribution in [2.45, 2.75) is 161 Å². The number of unbranched alkanes of at least 4 members (excludes halogenated alkanes) is 16. The van der Waals surface area contributed by atoms with E-state index in [-0.39, 0.29) is 13.2 Å². The zero-order valence-corrected chi connectivity index (χ0v) is 30.3. The Kier molecular flexibility index (Phi) is 38.8. The molecular formula is C37H78N2O7. The van der Waals surface area contributed by atoms with E-state index < -0.39 is 12.5 Å². The van der Waals surface area contributed by atoms with Crippen LogP contribution in [0.5, 0.6) is 0 Å². The third kappa shape index (κ3) is 39.8. The monoisotopic (exact) mass is 663 g/mol. The largest absolute Gasteiger partial charge is 0.396 e. The Labute approximate surface area is 284 Å². The van der Waals surface area contributed by atoms with Crippen LogP contribution in [0.25, 0.3) is 0 Å². The minimum absolute atomic E-state index is 0.207. The second-order valence-electron chi connectivity index (χ2n) is 13.3. The van der Waals surface area contributed by atoms with Crippen LogP contribution in [0.1, 0.15) is 149 Å². The normalized spacial score (nSPS) is 13.2. The summed E-state index contributed by atoms with van der Waals surface area (Å²) in [5.41, 5.74) is 0. The summed E-state index contributed by atoms with van der Waals surface area (Å²) < 4.78 is 22.2. The lowest BCUT2D eigenvalue weighted by Gasteiger charge is -2.14. The summed E-state index contributed by atoms with van der Waals surface area (Å²) >= 11 is 0. The van der Waals surface area contributed by atoms with Crippen molar-refractivity contribution in [3.8, 4) is 0 Å². The van der Waals surface area contributed by atoms with Gasteiger partial charge in [-0.1, -0.05) is 97.3 Å². The van der Waals surface area contributed by atoms with Crippen LogP contribution < -0.4 is 10.6 Å². The topological polar surface area (TPSA) is 122 Å². The molecule has 5 N–H and O–H groups in total. The smallest absolute Gasteiger partial charge is 0.128 e. The van der Waals surface area contributed by atoms with Gasteiger partial charge in [-0.2, -0.15) is 0 Å². The first-order valence-electron chi connectivity index (χ1n) is 19.3. The van der Waals surface area contributed by atoms with Crippen molar-refractivity contribution in [1.29, 1.82) is 0 Å². The Bertz CT molecular complexity index is 560. The van der Waals surface area contributed by atoms with Crippen molar-refractivity contribution < 1.29 is 34.3 Å². The molecular weight excluding hydrogens is 584 g/mol. The van der Waals surface area contributed by atoms with Crippen molar-refractivity contribution in [2.24, 2.45) is 5.92 Å². The van der Waals surface area contributed by atoms with E-state index in [1.165, 1.54) is 83.5 Å². The molecule has 278 valence electrons. The Morgan fingerprint density at radius 1 is 0.413 bits per heavy atom. The van der Waals surface area contributed by atoms with E-state index in [1.807, 2.05) is 0 Å². The van der Waals surface area contributed by atoms with Crippen molar-refractivity contribution in [3.05, 3.63) is 0 Å². The minimum atomic E-state index is -0.723. The molecule has 2 unspecified atom stereocenters. The van der Waals surface area contributed by atoms with Crippen molar-refractivity contribution >= 4 is 0 Å². The number of hydrogen-bond acceptors (Lipinski definition) is 9. The minimum Gasteiger partial charge on any atom is -0.396 e. The van der Waals surface area contributed by atoms with E-state index in [2.05, 4.69) is 24.5 Å². The quantitative estimate of drug-likeness (QED) is 0.0360. The molecule has 0 heterocycles. The molecule has 9 heteroatoms. The van der Waals surface area contributed by atoms with E-state index >= 15 is 0 Å². The van der Waals surface area contributed by atoms with Crippen LogP contribution in [0.2, 0.25) is 0 Å². The van der Waals surface area contributed by atoms with Gasteiger partial charge in [0.25, 0.3) is 0 Å². The third-order valence-corrected chi connectivity index (χ3v) is 8.18. The predicted molar refractivity (Wildman–Crippen MR) is 190 cm³/mol. The fraction of sp³-hybridized carbons (Fsp3) is 1.00. The average molecular weight is 663 g/mol. The highest BCUT2D eigenvalue weighted by Crippen LogP contribution is 2.14. The number of rotatable bonds is 40. The molecule has 0 rings (SSSR count). The van der Waals surface area contributed by atoms with Gasteiger partial charge in [0.05, 0.1) is 33.0 Å². The number of nitrogens with one attached hydrogen (secondary N) is 2. The zero-order valence-electron chi connectivity index (χ0n) is 30.3. The van der Waals surface area contributed by atoms with E-state index in [0.717, 1.165) is 70.5 Å². The SMILES string of the molecule is CC(C)CCCCCCCCCCCCCCCC(O)NCCOCCOCC(O)NCCOCCCCCOCCCCCO. The van der Waals surface area contributed by atoms with Gasteiger partial charge in [0.2, 0.25) is 0 Å². The number of aliphatic hydroxyl groups excluding tert-OH is 3. The van der Waals surface area contributed by atoms with E-state index in [9.17, 15) is 10.2 Å². The van der Waals surface area contributed by atoms with Gasteiger partial charge in [0, 0.05) is 39.5 Å². The Hall–Kier alpha value is -0.360. The van der Waals surface area contributed by atoms with Crippen LogP contribution in [-0.4, -0.2) is 100 Å². The first kappa shape index (κ1) is 45.6. The van der Waals surface area contributed by atoms with Gasteiger partial charge < -0.3 is 34.3 Å². The summed E-state index contributed by atoms with van der Waals surface area (Å²) in [5, 5.41) is 34.9. The molecule has 0 aliphatic carbocycles. The Morgan fingerprint density at radius 3 is 1.33 bits per heavy atom. The average Bonchev–Trinajstić information content (AvgIpc) is 3.04. The first-order valence-corrected chi connectivity index (χ1v) is 19.3. The molecule has 0 aromatic heterocycles. The molecule has 0 saturated heterocycles. The highest BCUT2D eigenvalue weighted by atomic mass is 16.5. The van der Waals surface area contributed by atoms with Crippen LogP contribution in [0.3, 0.4) is 0 Å². The fourth-order valence-corrected chi connectivity index (χ4v) is 5.29. The molecule has 0 aliphatic rings. The fourth-order valence-electron chi connectivity index (χ4n) is 5.29.